The van der Waals surface area contributed by atoms with Crippen LogP contribution in [0, 0.1) is 0 Å². The number of likely N-dealkylation sites (N-methyl/N-ethyl adjacent to an activating group) is 1. The second-order valence-electron chi connectivity index (χ2n) is 5.58. The van der Waals surface area contributed by atoms with Crippen LogP contribution in [0.1, 0.15) is 0 Å². The average Bonchev–Trinajstić information content (AvgIpc) is 2.96. The highest BCUT2D eigenvalue weighted by atomic mass is 16.6. The van der Waals surface area contributed by atoms with E-state index in [1.807, 2.05) is 43.3 Å². The lowest BCUT2D eigenvalue weighted by molar-refractivity contribution is 0.0960. The number of benzene rings is 1. The molecule has 1 aliphatic heterocycles. The fraction of sp³-hybridized carbons (Fsp3) is 0.312. The van der Waals surface area contributed by atoms with Gasteiger partial charge in [0, 0.05) is 14.1 Å². The van der Waals surface area contributed by atoms with E-state index >= 15 is 0 Å². The molecule has 3 aromatic rings. The summed E-state index contributed by atoms with van der Waals surface area (Å²) in [5, 5.41) is 5.17. The lowest BCUT2D eigenvalue weighted by Gasteiger charge is -2.30. The van der Waals surface area contributed by atoms with Crippen LogP contribution in [0.4, 0.5) is 5.82 Å². The molecule has 0 spiro atoms. The highest BCUT2D eigenvalue weighted by Crippen LogP contribution is 2.31. The summed E-state index contributed by atoms with van der Waals surface area (Å²) in [4.78, 5) is 10.7. The Balaban J connectivity index is 1.55. The molecule has 3 heterocycles. The van der Waals surface area contributed by atoms with Crippen LogP contribution in [0.3, 0.4) is 0 Å². The molecule has 7 heteroatoms. The van der Waals surface area contributed by atoms with E-state index < -0.39 is 0 Å². The Hall–Kier alpha value is -2.83. The number of hydrogen-bond acceptors (Lipinski definition) is 6. The summed E-state index contributed by atoms with van der Waals surface area (Å²) < 4.78 is 13.5. The Labute approximate surface area is 133 Å². The first-order chi connectivity index (χ1) is 11.2. The summed E-state index contributed by atoms with van der Waals surface area (Å²) in [5.41, 5.74) is 0.813. The van der Waals surface area contributed by atoms with E-state index in [1.54, 1.807) is 17.2 Å². The lowest BCUT2D eigenvalue weighted by atomic mass is 10.2. The van der Waals surface area contributed by atoms with Crippen molar-refractivity contribution >= 4 is 16.9 Å². The minimum Gasteiger partial charge on any atom is -0.486 e. The Morgan fingerprint density at radius 2 is 2.09 bits per heavy atom. The maximum Gasteiger partial charge on any atom is 0.163 e. The summed E-state index contributed by atoms with van der Waals surface area (Å²) in [7, 11) is 3.85. The van der Waals surface area contributed by atoms with Crippen LogP contribution in [0.15, 0.2) is 36.8 Å². The zero-order chi connectivity index (χ0) is 15.8. The molecule has 1 aromatic carbocycles. The summed E-state index contributed by atoms with van der Waals surface area (Å²) in [5.74, 6) is 2.42. The molecule has 2 aromatic heterocycles. The quantitative estimate of drug-likeness (QED) is 0.732. The Kier molecular flexibility index (Phi) is 3.25. The molecule has 23 heavy (non-hydrogen) atoms. The molecule has 1 atom stereocenters. The molecule has 0 unspecified atom stereocenters. The number of ether oxygens (including phenoxy) is 2. The van der Waals surface area contributed by atoms with Crippen molar-refractivity contribution in [2.75, 3.05) is 25.1 Å². The van der Waals surface area contributed by atoms with Gasteiger partial charge in [-0.15, -0.1) is 0 Å². The van der Waals surface area contributed by atoms with E-state index in [0.717, 1.165) is 28.4 Å². The Morgan fingerprint density at radius 3 is 2.96 bits per heavy atom. The summed E-state index contributed by atoms with van der Waals surface area (Å²) >= 11 is 0. The molecular formula is C16H17N5O2. The zero-order valence-corrected chi connectivity index (χ0v) is 13.0. The normalized spacial score (nSPS) is 16.5. The van der Waals surface area contributed by atoms with E-state index in [1.165, 1.54) is 0 Å². The van der Waals surface area contributed by atoms with Crippen molar-refractivity contribution in [3.05, 3.63) is 36.8 Å². The fourth-order valence-corrected chi connectivity index (χ4v) is 2.80. The van der Waals surface area contributed by atoms with Gasteiger partial charge in [0.25, 0.3) is 0 Å². The lowest BCUT2D eigenvalue weighted by Crippen LogP contribution is -2.39. The van der Waals surface area contributed by atoms with Crippen LogP contribution in [0.5, 0.6) is 11.5 Å². The topological polar surface area (TPSA) is 65.3 Å². The van der Waals surface area contributed by atoms with Gasteiger partial charge in [0.2, 0.25) is 0 Å². The molecular weight excluding hydrogens is 294 g/mol. The number of hydrogen-bond donors (Lipinski definition) is 0. The van der Waals surface area contributed by atoms with Crippen LogP contribution < -0.4 is 14.4 Å². The first kappa shape index (κ1) is 13.8. The molecule has 0 bridgehead atoms. The van der Waals surface area contributed by atoms with E-state index in [9.17, 15) is 0 Å². The smallest absolute Gasteiger partial charge is 0.163 e. The summed E-state index contributed by atoms with van der Waals surface area (Å²) in [6, 6.07) is 7.72. The molecule has 0 saturated carbocycles. The Morgan fingerprint density at radius 1 is 1.26 bits per heavy atom. The van der Waals surface area contributed by atoms with Crippen LogP contribution >= 0.6 is 0 Å². The van der Waals surface area contributed by atoms with E-state index in [4.69, 9.17) is 9.47 Å². The first-order valence-electron chi connectivity index (χ1n) is 7.44. The molecule has 0 radical (unpaired) electrons. The van der Waals surface area contributed by atoms with Gasteiger partial charge in [-0.25, -0.2) is 9.97 Å². The minimum atomic E-state index is -0.0587. The summed E-state index contributed by atoms with van der Waals surface area (Å²) in [6.07, 6.45) is 3.29. The maximum atomic E-state index is 6.01. The average molecular weight is 311 g/mol. The predicted octanol–water partition coefficient (Wildman–Crippen LogP) is 1.64. The number of anilines is 1. The first-order valence-corrected chi connectivity index (χ1v) is 7.44. The number of aryl methyl sites for hydroxylation is 1. The number of aromatic nitrogens is 4. The fourth-order valence-electron chi connectivity index (χ4n) is 2.80. The SMILES string of the molecule is CN(C[C@H]1COc2ccccc2O1)c1ncnc2c1cnn2C. The number of para-hydroxylation sites is 2. The van der Waals surface area contributed by atoms with Crippen molar-refractivity contribution in [2.45, 2.75) is 6.10 Å². The maximum absolute atomic E-state index is 6.01. The second-order valence-corrected chi connectivity index (χ2v) is 5.58. The van der Waals surface area contributed by atoms with Crippen molar-refractivity contribution in [2.24, 2.45) is 7.05 Å². The largest absolute Gasteiger partial charge is 0.486 e. The number of fused-ring (bicyclic) bond motifs is 2. The van der Waals surface area contributed by atoms with Gasteiger partial charge in [0.05, 0.1) is 18.1 Å². The van der Waals surface area contributed by atoms with Gasteiger partial charge in [-0.2, -0.15) is 5.10 Å². The number of rotatable bonds is 3. The monoisotopic (exact) mass is 311 g/mol. The molecule has 0 fully saturated rings. The van der Waals surface area contributed by atoms with Gasteiger partial charge in [-0.05, 0) is 12.1 Å². The standard InChI is InChI=1S/C16H17N5O2/c1-20(15-12-7-19-21(2)16(12)18-10-17-15)8-11-9-22-13-5-3-4-6-14(13)23-11/h3-7,10-11H,8-9H2,1-2H3/t11-/m0/s1. The van der Waals surface area contributed by atoms with Crippen molar-refractivity contribution in [1.82, 2.24) is 19.7 Å². The van der Waals surface area contributed by atoms with Crippen molar-refractivity contribution in [3.8, 4) is 11.5 Å². The molecule has 118 valence electrons. The third-order valence-corrected chi connectivity index (χ3v) is 3.92. The Bertz CT molecular complexity index is 847. The molecule has 0 amide bonds. The van der Waals surface area contributed by atoms with Crippen molar-refractivity contribution in [3.63, 3.8) is 0 Å². The van der Waals surface area contributed by atoms with Crippen LogP contribution in [0.25, 0.3) is 11.0 Å². The molecule has 0 aliphatic carbocycles. The second kappa shape index (κ2) is 5.42. The van der Waals surface area contributed by atoms with Gasteiger partial charge >= 0.3 is 0 Å². The van der Waals surface area contributed by atoms with Crippen LogP contribution in [0.2, 0.25) is 0 Å². The summed E-state index contributed by atoms with van der Waals surface area (Å²) in [6.45, 7) is 1.18. The molecule has 0 saturated heterocycles. The van der Waals surface area contributed by atoms with Gasteiger partial charge in [-0.1, -0.05) is 12.1 Å². The molecule has 1 aliphatic rings. The highest BCUT2D eigenvalue weighted by Gasteiger charge is 2.23. The van der Waals surface area contributed by atoms with Crippen molar-refractivity contribution < 1.29 is 9.47 Å². The van der Waals surface area contributed by atoms with Crippen molar-refractivity contribution in [1.29, 1.82) is 0 Å². The highest BCUT2D eigenvalue weighted by molar-refractivity contribution is 5.86. The van der Waals surface area contributed by atoms with Gasteiger partial charge in [0.15, 0.2) is 23.3 Å². The van der Waals surface area contributed by atoms with Crippen LogP contribution in [-0.4, -0.2) is 46.1 Å². The predicted molar refractivity (Wildman–Crippen MR) is 85.9 cm³/mol. The van der Waals surface area contributed by atoms with E-state index in [2.05, 4.69) is 15.1 Å². The van der Waals surface area contributed by atoms with E-state index in [-0.39, 0.29) is 6.10 Å². The third-order valence-electron chi connectivity index (χ3n) is 3.92. The van der Waals surface area contributed by atoms with Gasteiger partial charge in [0.1, 0.15) is 18.8 Å². The number of nitrogens with zero attached hydrogens (tertiary/aromatic N) is 5. The van der Waals surface area contributed by atoms with E-state index in [0.29, 0.717) is 13.2 Å². The molecule has 0 N–H and O–H groups in total. The third kappa shape index (κ3) is 2.44. The zero-order valence-electron chi connectivity index (χ0n) is 13.0. The van der Waals surface area contributed by atoms with Crippen LogP contribution in [-0.2, 0) is 7.05 Å². The minimum absolute atomic E-state index is 0.0587. The van der Waals surface area contributed by atoms with Gasteiger partial charge < -0.3 is 14.4 Å². The van der Waals surface area contributed by atoms with Gasteiger partial charge in [-0.3, -0.25) is 4.68 Å². The molecule has 4 rings (SSSR count). The molecule has 7 nitrogen and oxygen atoms in total.